The van der Waals surface area contributed by atoms with Crippen LogP contribution < -0.4 is 10.1 Å². The maximum absolute atomic E-state index is 10.3. The minimum Gasteiger partial charge on any atom is -0.491 e. The average Bonchev–Trinajstić information content (AvgIpc) is 2.79. The highest BCUT2D eigenvalue weighted by molar-refractivity contribution is 5.28. The second-order valence-electron chi connectivity index (χ2n) is 7.93. The Bertz CT molecular complexity index is 477. The number of aliphatic hydroxyl groups excluding tert-OH is 1. The van der Waals surface area contributed by atoms with E-state index in [9.17, 15) is 5.11 Å². The molecule has 0 aliphatic carbocycles. The van der Waals surface area contributed by atoms with Crippen molar-refractivity contribution in [3.8, 4) is 5.75 Å². The molecule has 4 nitrogen and oxygen atoms in total. The number of ether oxygens (including phenoxy) is 1. The minimum absolute atomic E-state index is 0.0974. The summed E-state index contributed by atoms with van der Waals surface area (Å²) >= 11 is 0. The third kappa shape index (κ3) is 7.65. The van der Waals surface area contributed by atoms with Crippen molar-refractivity contribution in [3.63, 3.8) is 0 Å². The average molecular weight is 335 g/mol. The Balaban J connectivity index is 1.76. The van der Waals surface area contributed by atoms with Gasteiger partial charge in [-0.05, 0) is 64.4 Å². The number of hydrogen-bond donors (Lipinski definition) is 2. The predicted octanol–water partition coefficient (Wildman–Crippen LogP) is 3.19. The number of nitrogens with zero attached hydrogens (tertiary/aromatic N) is 1. The summed E-state index contributed by atoms with van der Waals surface area (Å²) in [6, 6.07) is 8.12. The lowest BCUT2D eigenvalue weighted by Crippen LogP contribution is -2.36. The highest BCUT2D eigenvalue weighted by Crippen LogP contribution is 2.15. The molecule has 0 unspecified atom stereocenters. The summed E-state index contributed by atoms with van der Waals surface area (Å²) in [6.45, 7) is 10.6. The standard InChI is InChI=1S/C20H34N2O2/c1-20(2,3)21-14-17-9-8-10-19(13-17)24-16-18(23)15-22-11-6-4-5-7-12-22/h8-10,13,18,21,23H,4-7,11-12,14-16H2,1-3H3/t18-/m0/s1. The molecule has 2 N–H and O–H groups in total. The SMILES string of the molecule is CC(C)(C)NCc1cccc(OC[C@@H](O)CN2CCCCCC2)c1. The molecule has 4 heteroatoms. The Morgan fingerprint density at radius 2 is 1.88 bits per heavy atom. The van der Waals surface area contributed by atoms with E-state index in [4.69, 9.17) is 4.74 Å². The molecule has 1 saturated heterocycles. The second kappa shape index (κ2) is 9.40. The van der Waals surface area contributed by atoms with Crippen molar-refractivity contribution in [2.75, 3.05) is 26.2 Å². The molecule has 1 fully saturated rings. The van der Waals surface area contributed by atoms with Crippen LogP contribution in [0.5, 0.6) is 5.75 Å². The maximum atomic E-state index is 10.3. The molecular weight excluding hydrogens is 300 g/mol. The van der Waals surface area contributed by atoms with Gasteiger partial charge in [-0.3, -0.25) is 0 Å². The lowest BCUT2D eigenvalue weighted by Gasteiger charge is -2.23. The maximum Gasteiger partial charge on any atom is 0.119 e. The van der Waals surface area contributed by atoms with Crippen LogP contribution in [-0.4, -0.2) is 47.9 Å². The first kappa shape index (κ1) is 19.2. The Labute approximate surface area is 147 Å². The largest absolute Gasteiger partial charge is 0.491 e. The van der Waals surface area contributed by atoms with Crippen molar-refractivity contribution >= 4 is 0 Å². The third-order valence-electron chi connectivity index (χ3n) is 4.33. The first-order valence-electron chi connectivity index (χ1n) is 9.29. The van der Waals surface area contributed by atoms with Gasteiger partial charge in [0.05, 0.1) is 0 Å². The van der Waals surface area contributed by atoms with Crippen molar-refractivity contribution < 1.29 is 9.84 Å². The lowest BCUT2D eigenvalue weighted by atomic mass is 10.1. The van der Waals surface area contributed by atoms with Crippen molar-refractivity contribution in [2.45, 2.75) is 64.6 Å². The van der Waals surface area contributed by atoms with E-state index in [2.05, 4.69) is 43.1 Å². The highest BCUT2D eigenvalue weighted by Gasteiger charge is 2.14. The molecule has 0 radical (unpaired) electrons. The summed E-state index contributed by atoms with van der Waals surface area (Å²) < 4.78 is 5.81. The van der Waals surface area contributed by atoms with Crippen LogP contribution >= 0.6 is 0 Å². The summed E-state index contributed by atoms with van der Waals surface area (Å²) in [6.07, 6.45) is 4.70. The van der Waals surface area contributed by atoms with Crippen molar-refractivity contribution in [1.82, 2.24) is 10.2 Å². The minimum atomic E-state index is -0.431. The molecule has 0 spiro atoms. The van der Waals surface area contributed by atoms with E-state index < -0.39 is 6.10 Å². The van der Waals surface area contributed by atoms with Gasteiger partial charge in [0.2, 0.25) is 0 Å². The van der Waals surface area contributed by atoms with Gasteiger partial charge in [-0.2, -0.15) is 0 Å². The number of nitrogens with one attached hydrogen (secondary N) is 1. The molecule has 1 heterocycles. The molecule has 1 aromatic rings. The number of aliphatic hydroxyl groups is 1. The van der Waals surface area contributed by atoms with Gasteiger partial charge in [0.15, 0.2) is 0 Å². The molecule has 2 rings (SSSR count). The fourth-order valence-corrected chi connectivity index (χ4v) is 2.97. The Morgan fingerprint density at radius 3 is 2.54 bits per heavy atom. The molecule has 24 heavy (non-hydrogen) atoms. The molecule has 1 aliphatic rings. The van der Waals surface area contributed by atoms with Gasteiger partial charge in [-0.15, -0.1) is 0 Å². The first-order chi connectivity index (χ1) is 11.4. The Hall–Kier alpha value is -1.10. The smallest absolute Gasteiger partial charge is 0.119 e. The van der Waals surface area contributed by atoms with Crippen LogP contribution in [0.3, 0.4) is 0 Å². The van der Waals surface area contributed by atoms with Crippen LogP contribution in [0.1, 0.15) is 52.0 Å². The predicted molar refractivity (Wildman–Crippen MR) is 99.4 cm³/mol. The summed E-state index contributed by atoms with van der Waals surface area (Å²) in [5.41, 5.74) is 1.30. The molecule has 1 aliphatic heterocycles. The van der Waals surface area contributed by atoms with Gasteiger partial charge in [-0.25, -0.2) is 0 Å². The van der Waals surface area contributed by atoms with Gasteiger partial charge in [-0.1, -0.05) is 25.0 Å². The van der Waals surface area contributed by atoms with Crippen molar-refractivity contribution in [2.24, 2.45) is 0 Å². The molecule has 0 aromatic heterocycles. The van der Waals surface area contributed by atoms with Crippen LogP contribution in [0.15, 0.2) is 24.3 Å². The van der Waals surface area contributed by atoms with Crippen LogP contribution in [0.25, 0.3) is 0 Å². The monoisotopic (exact) mass is 334 g/mol. The summed E-state index contributed by atoms with van der Waals surface area (Å²) in [4.78, 5) is 2.37. The number of benzene rings is 1. The van der Waals surface area contributed by atoms with Crippen LogP contribution in [-0.2, 0) is 6.54 Å². The molecule has 136 valence electrons. The van der Waals surface area contributed by atoms with E-state index in [1.165, 1.54) is 31.2 Å². The lowest BCUT2D eigenvalue weighted by molar-refractivity contribution is 0.0693. The van der Waals surface area contributed by atoms with Crippen molar-refractivity contribution in [3.05, 3.63) is 29.8 Å². The first-order valence-corrected chi connectivity index (χ1v) is 9.29. The van der Waals surface area contributed by atoms with Gasteiger partial charge in [0, 0.05) is 18.6 Å². The van der Waals surface area contributed by atoms with Crippen LogP contribution in [0.2, 0.25) is 0 Å². The number of rotatable bonds is 7. The molecule has 0 saturated carbocycles. The van der Waals surface area contributed by atoms with Crippen molar-refractivity contribution in [1.29, 1.82) is 0 Å². The van der Waals surface area contributed by atoms with E-state index in [0.717, 1.165) is 25.4 Å². The number of likely N-dealkylation sites (tertiary alicyclic amines) is 1. The van der Waals surface area contributed by atoms with Crippen LogP contribution in [0.4, 0.5) is 0 Å². The zero-order valence-corrected chi connectivity index (χ0v) is 15.6. The third-order valence-corrected chi connectivity index (χ3v) is 4.33. The normalized spacial score (nSPS) is 18.2. The molecule has 0 bridgehead atoms. The topological polar surface area (TPSA) is 44.7 Å². The fourth-order valence-electron chi connectivity index (χ4n) is 2.97. The highest BCUT2D eigenvalue weighted by atomic mass is 16.5. The molecule has 0 amide bonds. The van der Waals surface area contributed by atoms with E-state index in [1.54, 1.807) is 0 Å². The van der Waals surface area contributed by atoms with E-state index in [0.29, 0.717) is 13.2 Å². The van der Waals surface area contributed by atoms with E-state index in [-0.39, 0.29) is 5.54 Å². The Kier molecular flexibility index (Phi) is 7.53. The van der Waals surface area contributed by atoms with Gasteiger partial charge >= 0.3 is 0 Å². The summed E-state index contributed by atoms with van der Waals surface area (Å²) in [5, 5.41) is 13.7. The fraction of sp³-hybridized carbons (Fsp3) is 0.700. The van der Waals surface area contributed by atoms with E-state index >= 15 is 0 Å². The zero-order chi connectivity index (χ0) is 17.4. The summed E-state index contributed by atoms with van der Waals surface area (Å²) in [7, 11) is 0. The van der Waals surface area contributed by atoms with Gasteiger partial charge < -0.3 is 20.1 Å². The number of hydrogen-bond acceptors (Lipinski definition) is 4. The Morgan fingerprint density at radius 1 is 1.17 bits per heavy atom. The second-order valence-corrected chi connectivity index (χ2v) is 7.93. The molecule has 1 aromatic carbocycles. The quantitative estimate of drug-likeness (QED) is 0.804. The summed E-state index contributed by atoms with van der Waals surface area (Å²) in [5.74, 6) is 0.832. The van der Waals surface area contributed by atoms with E-state index in [1.807, 2.05) is 12.1 Å². The number of β-amino-alcohol motifs (C(OH)–C–C–N with tert-alkyl or cyclic N) is 1. The van der Waals surface area contributed by atoms with Gasteiger partial charge in [0.25, 0.3) is 0 Å². The zero-order valence-electron chi connectivity index (χ0n) is 15.6. The van der Waals surface area contributed by atoms with Crippen LogP contribution in [0, 0.1) is 0 Å². The molecular formula is C20H34N2O2. The molecule has 1 atom stereocenters. The van der Waals surface area contributed by atoms with Gasteiger partial charge in [0.1, 0.15) is 18.5 Å².